The number of rotatable bonds is 46. The summed E-state index contributed by atoms with van der Waals surface area (Å²) in [6.45, 7) is 13.7. The third-order valence-electron chi connectivity index (χ3n) is 11.9. The maximum Gasteiger partial charge on any atom is 0.306 e. The summed E-state index contributed by atoms with van der Waals surface area (Å²) in [5.41, 5.74) is 0. The summed E-state index contributed by atoms with van der Waals surface area (Å²) in [4.78, 5) is 37.9. The second kappa shape index (κ2) is 44.5. The number of carbonyl (C=O) groups excluding carboxylic acids is 3. The molecule has 0 aliphatic rings. The molecule has 0 radical (unpaired) electrons. The van der Waals surface area contributed by atoms with E-state index in [1.54, 1.807) is 0 Å². The smallest absolute Gasteiger partial charge is 0.306 e. The van der Waals surface area contributed by atoms with Crippen molar-refractivity contribution in [3.05, 3.63) is 0 Å². The van der Waals surface area contributed by atoms with Crippen LogP contribution in [0.25, 0.3) is 0 Å². The number of hydrogen-bond acceptors (Lipinski definition) is 6. The fourth-order valence-electron chi connectivity index (χ4n) is 7.94. The third kappa shape index (κ3) is 47.3. The van der Waals surface area contributed by atoms with Crippen LogP contribution in [0.5, 0.6) is 0 Å². The van der Waals surface area contributed by atoms with Crippen molar-refractivity contribution in [2.24, 2.45) is 17.8 Å². The third-order valence-corrected chi connectivity index (χ3v) is 11.9. The van der Waals surface area contributed by atoms with Crippen molar-refractivity contribution in [2.75, 3.05) is 13.2 Å². The van der Waals surface area contributed by atoms with Crippen molar-refractivity contribution in [1.29, 1.82) is 0 Å². The number of carbonyl (C=O) groups is 3. The molecule has 0 N–H and O–H groups in total. The highest BCUT2D eigenvalue weighted by Crippen LogP contribution is 2.18. The van der Waals surface area contributed by atoms with E-state index in [2.05, 4.69) is 41.5 Å². The largest absolute Gasteiger partial charge is 0.462 e. The number of unbranched alkanes of at least 4 members (excludes halogenated alkanes) is 29. The van der Waals surface area contributed by atoms with Crippen LogP contribution in [-0.2, 0) is 28.6 Å². The first-order valence-corrected chi connectivity index (χ1v) is 26.1. The number of hydrogen-bond donors (Lipinski definition) is 0. The van der Waals surface area contributed by atoms with E-state index in [4.69, 9.17) is 14.2 Å². The molecule has 59 heavy (non-hydrogen) atoms. The van der Waals surface area contributed by atoms with Gasteiger partial charge in [-0.3, -0.25) is 14.4 Å². The molecule has 0 unspecified atom stereocenters. The van der Waals surface area contributed by atoms with E-state index in [0.717, 1.165) is 75.5 Å². The first-order valence-electron chi connectivity index (χ1n) is 26.1. The standard InChI is InChI=1S/C53H102O6/c1-47(2)39-33-27-21-15-11-9-7-8-10-12-17-24-30-36-42-51(54)57-45-50(46-58-52(55)43-37-31-25-20-19-23-29-35-41-49(5)6)59-53(56)44-38-32-26-18-14-13-16-22-28-34-40-48(3)4/h47-50H,7-46H2,1-6H3/t50-/m0/s1. The lowest BCUT2D eigenvalue weighted by Gasteiger charge is -2.18. The van der Waals surface area contributed by atoms with Crippen molar-refractivity contribution < 1.29 is 28.6 Å². The van der Waals surface area contributed by atoms with E-state index in [0.29, 0.717) is 19.3 Å². The average Bonchev–Trinajstić information content (AvgIpc) is 3.19. The lowest BCUT2D eigenvalue weighted by Crippen LogP contribution is -2.30. The first kappa shape index (κ1) is 57.4. The van der Waals surface area contributed by atoms with Crippen LogP contribution in [0.4, 0.5) is 0 Å². The van der Waals surface area contributed by atoms with Gasteiger partial charge in [0.15, 0.2) is 6.10 Å². The molecule has 0 aromatic rings. The molecule has 0 fully saturated rings. The maximum atomic E-state index is 12.8. The van der Waals surface area contributed by atoms with Crippen molar-refractivity contribution in [3.63, 3.8) is 0 Å². The van der Waals surface area contributed by atoms with Crippen LogP contribution < -0.4 is 0 Å². The summed E-state index contributed by atoms with van der Waals surface area (Å²) in [5.74, 6) is 1.60. The highest BCUT2D eigenvalue weighted by molar-refractivity contribution is 5.71. The molecule has 0 rings (SSSR count). The molecular weight excluding hydrogens is 733 g/mol. The Morgan fingerprint density at radius 3 is 0.729 bits per heavy atom. The zero-order valence-corrected chi connectivity index (χ0v) is 40.5. The lowest BCUT2D eigenvalue weighted by molar-refractivity contribution is -0.167. The Kier molecular flexibility index (Phi) is 43.3. The predicted octanol–water partition coefficient (Wildman–Crippen LogP) is 16.8. The fourth-order valence-corrected chi connectivity index (χ4v) is 7.94. The summed E-state index contributed by atoms with van der Waals surface area (Å²) in [6, 6.07) is 0. The zero-order valence-electron chi connectivity index (χ0n) is 40.5. The van der Waals surface area contributed by atoms with E-state index in [9.17, 15) is 14.4 Å². The maximum absolute atomic E-state index is 12.8. The van der Waals surface area contributed by atoms with Gasteiger partial charge in [0.2, 0.25) is 0 Å². The van der Waals surface area contributed by atoms with E-state index in [-0.39, 0.29) is 31.1 Å². The summed E-state index contributed by atoms with van der Waals surface area (Å²) in [6.07, 6.45) is 43.8. The minimum Gasteiger partial charge on any atom is -0.462 e. The quantitative estimate of drug-likeness (QED) is 0.0345. The molecule has 0 aliphatic carbocycles. The average molecular weight is 835 g/mol. The SMILES string of the molecule is CC(C)CCCCCCCCCCCCCCCCC(=O)OC[C@@H](COC(=O)CCCCCCCCCCC(C)C)OC(=O)CCCCCCCCCCCCC(C)C. The van der Waals surface area contributed by atoms with E-state index in [1.807, 2.05) is 0 Å². The molecule has 0 saturated heterocycles. The van der Waals surface area contributed by atoms with Gasteiger partial charge in [-0.15, -0.1) is 0 Å². The van der Waals surface area contributed by atoms with Crippen molar-refractivity contribution in [1.82, 2.24) is 0 Å². The predicted molar refractivity (Wildman–Crippen MR) is 252 cm³/mol. The van der Waals surface area contributed by atoms with Gasteiger partial charge in [-0.25, -0.2) is 0 Å². The molecule has 0 aliphatic heterocycles. The highest BCUT2D eigenvalue weighted by Gasteiger charge is 2.19. The topological polar surface area (TPSA) is 78.9 Å². The van der Waals surface area contributed by atoms with E-state index in [1.165, 1.54) is 167 Å². The molecule has 0 heterocycles. The highest BCUT2D eigenvalue weighted by atomic mass is 16.6. The number of ether oxygens (including phenoxy) is 3. The van der Waals surface area contributed by atoms with Gasteiger partial charge in [0, 0.05) is 19.3 Å². The Morgan fingerprint density at radius 1 is 0.288 bits per heavy atom. The minimum absolute atomic E-state index is 0.0649. The zero-order chi connectivity index (χ0) is 43.4. The molecule has 0 amide bonds. The van der Waals surface area contributed by atoms with E-state index < -0.39 is 6.10 Å². The molecule has 0 aromatic heterocycles. The van der Waals surface area contributed by atoms with Crippen LogP contribution in [0.2, 0.25) is 0 Å². The van der Waals surface area contributed by atoms with Crippen LogP contribution >= 0.6 is 0 Å². The second-order valence-electron chi connectivity index (χ2n) is 19.6. The van der Waals surface area contributed by atoms with Gasteiger partial charge >= 0.3 is 17.9 Å². The van der Waals surface area contributed by atoms with Gasteiger partial charge in [0.25, 0.3) is 0 Å². The monoisotopic (exact) mass is 835 g/mol. The molecule has 0 spiro atoms. The Labute approximate surface area is 368 Å². The summed E-state index contributed by atoms with van der Waals surface area (Å²) >= 11 is 0. The summed E-state index contributed by atoms with van der Waals surface area (Å²) < 4.78 is 16.8. The molecule has 0 aromatic carbocycles. The molecular formula is C53H102O6. The molecule has 6 heteroatoms. The lowest BCUT2D eigenvalue weighted by atomic mass is 10.0. The van der Waals surface area contributed by atoms with Gasteiger partial charge < -0.3 is 14.2 Å². The van der Waals surface area contributed by atoms with Gasteiger partial charge in [-0.05, 0) is 37.0 Å². The van der Waals surface area contributed by atoms with Crippen molar-refractivity contribution in [3.8, 4) is 0 Å². The Balaban J connectivity index is 4.29. The van der Waals surface area contributed by atoms with Gasteiger partial charge in [0.1, 0.15) is 13.2 Å². The second-order valence-corrected chi connectivity index (χ2v) is 19.6. The van der Waals surface area contributed by atoms with E-state index >= 15 is 0 Å². The molecule has 0 saturated carbocycles. The fraction of sp³-hybridized carbons (Fsp3) is 0.943. The Hall–Kier alpha value is -1.59. The van der Waals surface area contributed by atoms with Crippen LogP contribution in [0, 0.1) is 17.8 Å². The molecule has 350 valence electrons. The van der Waals surface area contributed by atoms with Crippen molar-refractivity contribution >= 4 is 17.9 Å². The Bertz CT molecular complexity index is 914. The summed E-state index contributed by atoms with van der Waals surface area (Å²) in [7, 11) is 0. The minimum atomic E-state index is -0.763. The van der Waals surface area contributed by atoms with Crippen LogP contribution in [-0.4, -0.2) is 37.2 Å². The van der Waals surface area contributed by atoms with Gasteiger partial charge in [-0.2, -0.15) is 0 Å². The normalized spacial score (nSPS) is 12.2. The molecule has 1 atom stereocenters. The summed E-state index contributed by atoms with van der Waals surface area (Å²) in [5, 5.41) is 0. The molecule has 0 bridgehead atoms. The van der Waals surface area contributed by atoms with Crippen molar-refractivity contribution in [2.45, 2.75) is 292 Å². The van der Waals surface area contributed by atoms with Gasteiger partial charge in [-0.1, -0.05) is 247 Å². The van der Waals surface area contributed by atoms with Gasteiger partial charge in [0.05, 0.1) is 0 Å². The Morgan fingerprint density at radius 2 is 0.492 bits per heavy atom. The van der Waals surface area contributed by atoms with Crippen LogP contribution in [0.1, 0.15) is 286 Å². The molecule has 6 nitrogen and oxygen atoms in total. The first-order chi connectivity index (χ1) is 28.6. The van der Waals surface area contributed by atoms with Crippen LogP contribution in [0.3, 0.4) is 0 Å². The number of esters is 3. The van der Waals surface area contributed by atoms with Crippen LogP contribution in [0.15, 0.2) is 0 Å².